The van der Waals surface area contributed by atoms with Crippen molar-refractivity contribution in [3.8, 4) is 5.75 Å². The van der Waals surface area contributed by atoms with E-state index >= 15 is 0 Å². The maximum Gasteiger partial charge on any atom is 0.124 e. The Labute approximate surface area is 108 Å². The Bertz CT molecular complexity index is 357. The van der Waals surface area contributed by atoms with Gasteiger partial charge >= 0.3 is 0 Å². The van der Waals surface area contributed by atoms with Crippen molar-refractivity contribution in [3.63, 3.8) is 0 Å². The van der Waals surface area contributed by atoms with Gasteiger partial charge in [-0.3, -0.25) is 0 Å². The number of hydrogen-bond donors (Lipinski definition) is 1. The minimum Gasteiger partial charge on any atom is -0.491 e. The van der Waals surface area contributed by atoms with Gasteiger partial charge in [0.25, 0.3) is 0 Å². The number of ether oxygens (including phenoxy) is 2. The lowest BCUT2D eigenvalue weighted by Gasteiger charge is -2.18. The zero-order chi connectivity index (χ0) is 12.8. The van der Waals surface area contributed by atoms with E-state index in [9.17, 15) is 0 Å². The lowest BCUT2D eigenvalue weighted by Crippen LogP contribution is -2.18. The van der Waals surface area contributed by atoms with Gasteiger partial charge in [0.2, 0.25) is 0 Å². The zero-order valence-corrected chi connectivity index (χ0v) is 11.5. The summed E-state index contributed by atoms with van der Waals surface area (Å²) in [7, 11) is 3.58. The van der Waals surface area contributed by atoms with Crippen LogP contribution in [0.1, 0.15) is 25.5 Å². The summed E-state index contributed by atoms with van der Waals surface area (Å²) in [6.07, 6.45) is 0.0726. The minimum absolute atomic E-state index is 0.0726. The first-order valence-corrected chi connectivity index (χ1v) is 6.08. The molecule has 0 saturated carbocycles. The van der Waals surface area contributed by atoms with Crippen LogP contribution in [0.2, 0.25) is 5.02 Å². The van der Waals surface area contributed by atoms with Crippen molar-refractivity contribution in [2.45, 2.75) is 26.0 Å². The van der Waals surface area contributed by atoms with Gasteiger partial charge in [-0.1, -0.05) is 11.6 Å². The van der Waals surface area contributed by atoms with Gasteiger partial charge in [0.15, 0.2) is 0 Å². The van der Waals surface area contributed by atoms with E-state index in [0.29, 0.717) is 11.6 Å². The molecule has 0 fully saturated rings. The van der Waals surface area contributed by atoms with E-state index in [2.05, 4.69) is 12.2 Å². The molecule has 0 saturated heterocycles. The Morgan fingerprint density at radius 2 is 2.06 bits per heavy atom. The van der Waals surface area contributed by atoms with Crippen LogP contribution in [0.5, 0.6) is 5.75 Å². The number of benzene rings is 1. The van der Waals surface area contributed by atoms with Crippen LogP contribution in [0.25, 0.3) is 0 Å². The predicted molar refractivity (Wildman–Crippen MR) is 70.9 cm³/mol. The molecule has 4 heteroatoms. The molecule has 1 aromatic carbocycles. The predicted octanol–water partition coefficient (Wildman–Crippen LogP) is 3.03. The van der Waals surface area contributed by atoms with Crippen molar-refractivity contribution < 1.29 is 9.47 Å². The highest BCUT2D eigenvalue weighted by atomic mass is 35.5. The molecule has 0 aliphatic heterocycles. The molecule has 3 nitrogen and oxygen atoms in total. The molecule has 17 heavy (non-hydrogen) atoms. The molecule has 0 bridgehead atoms. The van der Waals surface area contributed by atoms with E-state index in [0.717, 1.165) is 11.3 Å². The largest absolute Gasteiger partial charge is 0.491 e. The molecular weight excluding hydrogens is 238 g/mol. The first-order chi connectivity index (χ1) is 8.08. The number of rotatable bonds is 6. The molecular formula is C13H20ClNO2. The Balaban J connectivity index is 2.83. The van der Waals surface area contributed by atoms with E-state index in [4.69, 9.17) is 21.1 Å². The van der Waals surface area contributed by atoms with E-state index < -0.39 is 0 Å². The van der Waals surface area contributed by atoms with Crippen LogP contribution in [-0.4, -0.2) is 26.9 Å². The maximum absolute atomic E-state index is 6.00. The van der Waals surface area contributed by atoms with Crippen molar-refractivity contribution >= 4 is 11.6 Å². The van der Waals surface area contributed by atoms with Crippen LogP contribution < -0.4 is 10.1 Å². The zero-order valence-electron chi connectivity index (χ0n) is 10.8. The fraction of sp³-hybridized carbons (Fsp3) is 0.538. The van der Waals surface area contributed by atoms with Crippen molar-refractivity contribution in [3.05, 3.63) is 28.8 Å². The van der Waals surface area contributed by atoms with E-state index in [-0.39, 0.29) is 12.1 Å². The fourth-order valence-corrected chi connectivity index (χ4v) is 1.60. The topological polar surface area (TPSA) is 30.5 Å². The van der Waals surface area contributed by atoms with Crippen molar-refractivity contribution in [2.75, 3.05) is 20.8 Å². The van der Waals surface area contributed by atoms with Gasteiger partial charge in [0.05, 0.1) is 6.10 Å². The Hall–Kier alpha value is -0.770. The molecule has 0 spiro atoms. The standard InChI is InChI=1S/C13H20ClNO2/c1-9(16-4)8-17-13-6-5-11(14)7-12(13)10(2)15-3/h5-7,9-10,15H,8H2,1-4H3. The fourth-order valence-electron chi connectivity index (χ4n) is 1.42. The highest BCUT2D eigenvalue weighted by Gasteiger charge is 2.11. The molecule has 0 aliphatic rings. The van der Waals surface area contributed by atoms with Gasteiger partial charge in [-0.2, -0.15) is 0 Å². The maximum atomic E-state index is 6.00. The van der Waals surface area contributed by atoms with Crippen LogP contribution in [0, 0.1) is 0 Å². The summed E-state index contributed by atoms with van der Waals surface area (Å²) in [5, 5.41) is 3.90. The van der Waals surface area contributed by atoms with Crippen LogP contribution in [0.15, 0.2) is 18.2 Å². The van der Waals surface area contributed by atoms with E-state index in [1.54, 1.807) is 7.11 Å². The van der Waals surface area contributed by atoms with Gasteiger partial charge < -0.3 is 14.8 Å². The van der Waals surface area contributed by atoms with E-state index in [1.807, 2.05) is 32.2 Å². The van der Waals surface area contributed by atoms with Crippen LogP contribution >= 0.6 is 11.6 Å². The van der Waals surface area contributed by atoms with E-state index in [1.165, 1.54) is 0 Å². The third kappa shape index (κ3) is 4.19. The van der Waals surface area contributed by atoms with Crippen molar-refractivity contribution in [1.29, 1.82) is 0 Å². The number of halogens is 1. The lowest BCUT2D eigenvalue weighted by molar-refractivity contribution is 0.0711. The van der Waals surface area contributed by atoms with Gasteiger partial charge in [-0.05, 0) is 39.1 Å². The second-order valence-corrected chi connectivity index (χ2v) is 4.49. The minimum atomic E-state index is 0.0726. The molecule has 2 unspecified atom stereocenters. The van der Waals surface area contributed by atoms with Gasteiger partial charge in [-0.25, -0.2) is 0 Å². The Morgan fingerprint density at radius 3 is 2.65 bits per heavy atom. The van der Waals surface area contributed by atoms with Gasteiger partial charge in [0, 0.05) is 23.7 Å². The second kappa shape index (κ2) is 6.84. The molecule has 0 radical (unpaired) electrons. The van der Waals surface area contributed by atoms with Crippen LogP contribution in [0.3, 0.4) is 0 Å². The second-order valence-electron chi connectivity index (χ2n) is 4.05. The van der Waals surface area contributed by atoms with Crippen LogP contribution in [0.4, 0.5) is 0 Å². The van der Waals surface area contributed by atoms with Crippen molar-refractivity contribution in [1.82, 2.24) is 5.32 Å². The Morgan fingerprint density at radius 1 is 1.35 bits per heavy atom. The molecule has 96 valence electrons. The molecule has 1 N–H and O–H groups in total. The normalized spacial score (nSPS) is 14.4. The monoisotopic (exact) mass is 257 g/mol. The first-order valence-electron chi connectivity index (χ1n) is 5.70. The molecule has 2 atom stereocenters. The average Bonchev–Trinajstić information content (AvgIpc) is 2.35. The lowest BCUT2D eigenvalue weighted by atomic mass is 10.1. The number of methoxy groups -OCH3 is 1. The molecule has 0 aliphatic carbocycles. The van der Waals surface area contributed by atoms with Crippen LogP contribution in [-0.2, 0) is 4.74 Å². The third-order valence-electron chi connectivity index (χ3n) is 2.75. The summed E-state index contributed by atoms with van der Waals surface area (Å²) in [6, 6.07) is 5.85. The first kappa shape index (κ1) is 14.3. The molecule has 0 aromatic heterocycles. The highest BCUT2D eigenvalue weighted by molar-refractivity contribution is 6.30. The number of hydrogen-bond acceptors (Lipinski definition) is 3. The smallest absolute Gasteiger partial charge is 0.124 e. The summed E-state index contributed by atoms with van der Waals surface area (Å²) in [4.78, 5) is 0. The summed E-state index contributed by atoms with van der Waals surface area (Å²) < 4.78 is 10.9. The molecule has 1 rings (SSSR count). The third-order valence-corrected chi connectivity index (χ3v) is 2.98. The number of nitrogens with one attached hydrogen (secondary N) is 1. The SMILES string of the molecule is CNC(C)c1cc(Cl)ccc1OCC(C)OC. The summed E-state index contributed by atoms with van der Waals surface area (Å²) in [6.45, 7) is 4.57. The molecule has 0 heterocycles. The Kier molecular flexibility index (Phi) is 5.75. The van der Waals surface area contributed by atoms with Gasteiger partial charge in [0.1, 0.15) is 12.4 Å². The van der Waals surface area contributed by atoms with Gasteiger partial charge in [-0.15, -0.1) is 0 Å². The van der Waals surface area contributed by atoms with Crippen molar-refractivity contribution in [2.24, 2.45) is 0 Å². The average molecular weight is 258 g/mol. The highest BCUT2D eigenvalue weighted by Crippen LogP contribution is 2.28. The summed E-state index contributed by atoms with van der Waals surface area (Å²) in [5.74, 6) is 0.847. The molecule has 1 aromatic rings. The quantitative estimate of drug-likeness (QED) is 0.850. The molecule has 0 amide bonds. The summed E-state index contributed by atoms with van der Waals surface area (Å²) in [5.41, 5.74) is 1.06. The summed E-state index contributed by atoms with van der Waals surface area (Å²) >= 11 is 6.00.